The predicted molar refractivity (Wildman–Crippen MR) is 76.2 cm³/mol. The number of carbonyl (C=O) groups excluding carboxylic acids is 2. The molecule has 0 bridgehead atoms. The van der Waals surface area contributed by atoms with Crippen LogP contribution in [0.3, 0.4) is 0 Å². The normalized spacial score (nSPS) is 21.5. The number of ether oxygens (including phenoxy) is 3. The monoisotopic (exact) mass is 312 g/mol. The van der Waals surface area contributed by atoms with Crippen LogP contribution in [0.5, 0.6) is 5.75 Å². The van der Waals surface area contributed by atoms with Crippen LogP contribution in [0.25, 0.3) is 0 Å². The maximum absolute atomic E-state index is 12.0. The third kappa shape index (κ3) is 3.67. The Labute approximate surface area is 128 Å². The fourth-order valence-electron chi connectivity index (χ4n) is 1.91. The van der Waals surface area contributed by atoms with Crippen LogP contribution in [0.4, 0.5) is 0 Å². The van der Waals surface area contributed by atoms with Crippen molar-refractivity contribution in [2.45, 2.75) is 33.0 Å². The highest BCUT2D eigenvalue weighted by Crippen LogP contribution is 2.31. The van der Waals surface area contributed by atoms with Crippen molar-refractivity contribution in [2.75, 3.05) is 6.61 Å². The SMILES string of the molecule is C[C@H](Oc1ccc(Cl)cc1)C(=O)O[C@H]1C(=O)OCC1(C)C. The van der Waals surface area contributed by atoms with E-state index in [1.807, 2.05) is 0 Å². The zero-order chi connectivity index (χ0) is 15.6. The number of halogens is 1. The van der Waals surface area contributed by atoms with E-state index in [4.69, 9.17) is 25.8 Å². The molecule has 0 aromatic heterocycles. The van der Waals surface area contributed by atoms with Crippen molar-refractivity contribution in [3.8, 4) is 5.75 Å². The molecular weight excluding hydrogens is 296 g/mol. The zero-order valence-electron chi connectivity index (χ0n) is 12.1. The highest BCUT2D eigenvalue weighted by molar-refractivity contribution is 6.30. The van der Waals surface area contributed by atoms with Gasteiger partial charge in [-0.2, -0.15) is 0 Å². The van der Waals surface area contributed by atoms with E-state index in [-0.39, 0.29) is 6.61 Å². The van der Waals surface area contributed by atoms with Gasteiger partial charge in [0.1, 0.15) is 12.4 Å². The molecular formula is C15H17ClO5. The number of benzene rings is 1. The molecule has 6 heteroatoms. The third-order valence-electron chi connectivity index (χ3n) is 3.20. The molecule has 1 saturated heterocycles. The number of esters is 2. The molecule has 1 heterocycles. The molecule has 1 aromatic carbocycles. The minimum Gasteiger partial charge on any atom is -0.479 e. The molecule has 1 fully saturated rings. The van der Waals surface area contributed by atoms with Gasteiger partial charge in [-0.05, 0) is 31.2 Å². The summed E-state index contributed by atoms with van der Waals surface area (Å²) in [7, 11) is 0. The van der Waals surface area contributed by atoms with Gasteiger partial charge in [-0.15, -0.1) is 0 Å². The van der Waals surface area contributed by atoms with Crippen molar-refractivity contribution in [1.29, 1.82) is 0 Å². The molecule has 114 valence electrons. The number of hydrogen-bond acceptors (Lipinski definition) is 5. The summed E-state index contributed by atoms with van der Waals surface area (Å²) in [6.07, 6.45) is -1.74. The van der Waals surface area contributed by atoms with Crippen molar-refractivity contribution in [2.24, 2.45) is 5.41 Å². The molecule has 0 radical (unpaired) electrons. The van der Waals surface area contributed by atoms with Crippen molar-refractivity contribution in [1.82, 2.24) is 0 Å². The number of hydrogen-bond donors (Lipinski definition) is 0. The lowest BCUT2D eigenvalue weighted by Crippen LogP contribution is -2.38. The summed E-state index contributed by atoms with van der Waals surface area (Å²) >= 11 is 5.77. The molecule has 2 atom stereocenters. The predicted octanol–water partition coefficient (Wildman–Crippen LogP) is 2.60. The van der Waals surface area contributed by atoms with Crippen LogP contribution in [0.15, 0.2) is 24.3 Å². The van der Waals surface area contributed by atoms with Crippen molar-refractivity contribution >= 4 is 23.5 Å². The third-order valence-corrected chi connectivity index (χ3v) is 3.45. The molecule has 0 unspecified atom stereocenters. The number of rotatable bonds is 4. The highest BCUT2D eigenvalue weighted by atomic mass is 35.5. The first-order valence-corrected chi connectivity index (χ1v) is 6.97. The van der Waals surface area contributed by atoms with E-state index in [0.717, 1.165) is 0 Å². The number of carbonyl (C=O) groups is 2. The summed E-state index contributed by atoms with van der Waals surface area (Å²) in [5.41, 5.74) is -0.535. The van der Waals surface area contributed by atoms with Crippen LogP contribution < -0.4 is 4.74 Å². The van der Waals surface area contributed by atoms with Gasteiger partial charge in [0.05, 0.1) is 0 Å². The molecule has 0 amide bonds. The van der Waals surface area contributed by atoms with Gasteiger partial charge >= 0.3 is 11.9 Å². The molecule has 1 aliphatic rings. The van der Waals surface area contributed by atoms with Crippen molar-refractivity contribution in [3.05, 3.63) is 29.3 Å². The lowest BCUT2D eigenvalue weighted by Gasteiger charge is -2.23. The maximum Gasteiger partial charge on any atom is 0.348 e. The Morgan fingerprint density at radius 2 is 2.00 bits per heavy atom. The van der Waals surface area contributed by atoms with Gasteiger partial charge < -0.3 is 14.2 Å². The van der Waals surface area contributed by atoms with E-state index < -0.39 is 29.6 Å². The molecule has 1 aliphatic heterocycles. The van der Waals surface area contributed by atoms with Crippen LogP contribution in [0.1, 0.15) is 20.8 Å². The fourth-order valence-corrected chi connectivity index (χ4v) is 2.04. The molecule has 2 rings (SSSR count). The summed E-state index contributed by atoms with van der Waals surface area (Å²) in [6.45, 7) is 5.40. The van der Waals surface area contributed by atoms with Crippen LogP contribution in [-0.2, 0) is 19.1 Å². The quantitative estimate of drug-likeness (QED) is 0.800. The smallest absolute Gasteiger partial charge is 0.348 e. The van der Waals surface area contributed by atoms with E-state index in [2.05, 4.69) is 0 Å². The Morgan fingerprint density at radius 3 is 2.52 bits per heavy atom. The highest BCUT2D eigenvalue weighted by Gasteiger charge is 2.47. The van der Waals surface area contributed by atoms with E-state index in [0.29, 0.717) is 10.8 Å². The number of cyclic esters (lactones) is 1. The van der Waals surface area contributed by atoms with E-state index in [9.17, 15) is 9.59 Å². The Hall–Kier alpha value is -1.75. The molecule has 21 heavy (non-hydrogen) atoms. The summed E-state index contributed by atoms with van der Waals surface area (Å²) in [6, 6.07) is 6.62. The lowest BCUT2D eigenvalue weighted by molar-refractivity contribution is -0.168. The van der Waals surface area contributed by atoms with Crippen molar-refractivity contribution in [3.63, 3.8) is 0 Å². The summed E-state index contributed by atoms with van der Waals surface area (Å²) < 4.78 is 15.6. The first kappa shape index (κ1) is 15.6. The summed E-state index contributed by atoms with van der Waals surface area (Å²) in [5.74, 6) is -0.633. The minimum absolute atomic E-state index is 0.232. The van der Waals surface area contributed by atoms with Gasteiger partial charge in [0.15, 0.2) is 6.10 Å². The van der Waals surface area contributed by atoms with Crippen LogP contribution in [-0.4, -0.2) is 30.8 Å². The maximum atomic E-state index is 12.0. The van der Waals surface area contributed by atoms with Gasteiger partial charge in [0.2, 0.25) is 6.10 Å². The second-order valence-corrected chi connectivity index (χ2v) is 6.06. The van der Waals surface area contributed by atoms with Gasteiger partial charge in [0, 0.05) is 10.4 Å². The van der Waals surface area contributed by atoms with E-state index in [1.165, 1.54) is 0 Å². The van der Waals surface area contributed by atoms with Gasteiger partial charge in [-0.1, -0.05) is 25.4 Å². The fraction of sp³-hybridized carbons (Fsp3) is 0.467. The molecule has 0 spiro atoms. The first-order valence-electron chi connectivity index (χ1n) is 6.59. The van der Waals surface area contributed by atoms with Gasteiger partial charge in [-0.3, -0.25) is 0 Å². The first-order chi connectivity index (χ1) is 9.79. The second kappa shape index (κ2) is 5.93. The minimum atomic E-state index is -0.902. The zero-order valence-corrected chi connectivity index (χ0v) is 12.8. The van der Waals surface area contributed by atoms with Gasteiger partial charge in [-0.25, -0.2) is 9.59 Å². The van der Waals surface area contributed by atoms with Crippen LogP contribution in [0, 0.1) is 5.41 Å². The second-order valence-electron chi connectivity index (χ2n) is 5.63. The van der Waals surface area contributed by atoms with Crippen LogP contribution in [0.2, 0.25) is 5.02 Å². The molecule has 1 aromatic rings. The topological polar surface area (TPSA) is 61.8 Å². The van der Waals surface area contributed by atoms with E-state index in [1.54, 1.807) is 45.0 Å². The Kier molecular flexibility index (Phi) is 4.42. The Balaban J connectivity index is 1.96. The average molecular weight is 313 g/mol. The molecule has 0 N–H and O–H groups in total. The molecule has 5 nitrogen and oxygen atoms in total. The molecule has 0 saturated carbocycles. The van der Waals surface area contributed by atoms with E-state index >= 15 is 0 Å². The largest absolute Gasteiger partial charge is 0.479 e. The Bertz CT molecular complexity index is 537. The molecule has 0 aliphatic carbocycles. The van der Waals surface area contributed by atoms with Crippen LogP contribution >= 0.6 is 11.6 Å². The Morgan fingerprint density at radius 1 is 1.38 bits per heavy atom. The summed E-state index contributed by atoms with van der Waals surface area (Å²) in [5, 5.41) is 0.577. The average Bonchev–Trinajstić information content (AvgIpc) is 2.68. The van der Waals surface area contributed by atoms with Gasteiger partial charge in [0.25, 0.3) is 0 Å². The lowest BCUT2D eigenvalue weighted by atomic mass is 9.90. The summed E-state index contributed by atoms with van der Waals surface area (Å²) in [4.78, 5) is 23.6. The standard InChI is InChI=1S/C15H17ClO5/c1-9(20-11-6-4-10(16)5-7-11)13(17)21-12-14(18)19-8-15(12,2)3/h4-7,9,12H,8H2,1-3H3/t9-,12-/m0/s1. The van der Waals surface area contributed by atoms with Crippen molar-refractivity contribution < 1.29 is 23.8 Å².